The molecule has 2 aromatic carbocycles. The molecule has 136 valence electrons. The Morgan fingerprint density at radius 2 is 1.96 bits per heavy atom. The quantitative estimate of drug-likeness (QED) is 0.791. The molecule has 6 nitrogen and oxygen atoms in total. The normalized spacial score (nSPS) is 14.4. The number of anilines is 1. The van der Waals surface area contributed by atoms with Crippen LogP contribution in [0, 0.1) is 0 Å². The molecule has 7 heteroatoms. The van der Waals surface area contributed by atoms with Crippen LogP contribution in [0.25, 0.3) is 11.1 Å². The Morgan fingerprint density at radius 3 is 2.65 bits per heavy atom. The molecular formula is C19H20N2O4S. The summed E-state index contributed by atoms with van der Waals surface area (Å²) in [5.74, 6) is 0.576. The van der Waals surface area contributed by atoms with Crippen LogP contribution in [-0.4, -0.2) is 44.7 Å². The maximum atomic E-state index is 11.6. The van der Waals surface area contributed by atoms with E-state index < -0.39 is 10.0 Å². The zero-order valence-corrected chi connectivity index (χ0v) is 15.2. The Morgan fingerprint density at radius 1 is 1.23 bits per heavy atom. The highest BCUT2D eigenvalue weighted by molar-refractivity contribution is 7.92. The molecule has 1 N–H and O–H groups in total. The summed E-state index contributed by atoms with van der Waals surface area (Å²) < 4.78 is 31.6. The summed E-state index contributed by atoms with van der Waals surface area (Å²) >= 11 is 0. The molecule has 0 atom stereocenters. The average molecular weight is 372 g/mol. The molecule has 0 spiro atoms. The highest BCUT2D eigenvalue weighted by atomic mass is 32.2. The number of rotatable bonds is 6. The smallest absolute Gasteiger partial charge is 0.246 e. The fraction of sp³-hybridized carbons (Fsp3) is 0.211. The summed E-state index contributed by atoms with van der Waals surface area (Å²) in [5, 5.41) is 0. The molecule has 1 aliphatic rings. The zero-order chi connectivity index (χ0) is 18.7. The zero-order valence-electron chi connectivity index (χ0n) is 14.4. The van der Waals surface area contributed by atoms with Crippen LogP contribution >= 0.6 is 0 Å². The molecule has 2 aromatic rings. The van der Waals surface area contributed by atoms with Crippen molar-refractivity contribution in [3.05, 3.63) is 61.2 Å². The molecule has 1 fully saturated rings. The van der Waals surface area contributed by atoms with Crippen LogP contribution in [0.15, 0.2) is 61.2 Å². The largest absolute Gasteiger partial charge is 0.487 e. The minimum Gasteiger partial charge on any atom is -0.487 e. The van der Waals surface area contributed by atoms with E-state index in [0.717, 1.165) is 17.4 Å². The van der Waals surface area contributed by atoms with Crippen molar-refractivity contribution in [2.75, 3.05) is 24.1 Å². The lowest BCUT2D eigenvalue weighted by Crippen LogP contribution is -2.55. The minimum absolute atomic E-state index is 0.0569. The van der Waals surface area contributed by atoms with Gasteiger partial charge in [-0.05, 0) is 29.8 Å². The third kappa shape index (κ3) is 4.23. The molecule has 1 saturated heterocycles. The van der Waals surface area contributed by atoms with Crippen LogP contribution in [-0.2, 0) is 14.8 Å². The van der Waals surface area contributed by atoms with E-state index in [4.69, 9.17) is 4.74 Å². The first kappa shape index (κ1) is 18.0. The second-order valence-electron chi connectivity index (χ2n) is 6.13. The van der Waals surface area contributed by atoms with Crippen molar-refractivity contribution >= 4 is 21.6 Å². The van der Waals surface area contributed by atoms with Gasteiger partial charge in [0, 0.05) is 5.56 Å². The minimum atomic E-state index is -3.38. The predicted octanol–water partition coefficient (Wildman–Crippen LogP) is 2.50. The number of nitrogens with zero attached hydrogens (tertiary/aromatic N) is 1. The number of sulfonamides is 1. The molecule has 0 aliphatic carbocycles. The van der Waals surface area contributed by atoms with Crippen LogP contribution in [0.1, 0.15) is 0 Å². The summed E-state index contributed by atoms with van der Waals surface area (Å²) in [6, 6.07) is 14.6. The Balaban J connectivity index is 1.77. The van der Waals surface area contributed by atoms with Gasteiger partial charge in [-0.2, -0.15) is 0 Å². The molecule has 1 amide bonds. The first-order valence-electron chi connectivity index (χ1n) is 8.11. The van der Waals surface area contributed by atoms with Crippen molar-refractivity contribution in [2.24, 2.45) is 0 Å². The lowest BCUT2D eigenvalue weighted by Gasteiger charge is -2.38. The predicted molar refractivity (Wildman–Crippen MR) is 102 cm³/mol. The lowest BCUT2D eigenvalue weighted by atomic mass is 10.0. The Kier molecular flexibility index (Phi) is 4.99. The summed E-state index contributed by atoms with van der Waals surface area (Å²) in [7, 11) is -3.38. The van der Waals surface area contributed by atoms with E-state index in [9.17, 15) is 13.2 Å². The van der Waals surface area contributed by atoms with Gasteiger partial charge in [-0.3, -0.25) is 9.52 Å². The van der Waals surface area contributed by atoms with Crippen LogP contribution in [0.3, 0.4) is 0 Å². The van der Waals surface area contributed by atoms with Crippen molar-refractivity contribution in [1.82, 2.24) is 4.90 Å². The first-order valence-corrected chi connectivity index (χ1v) is 10.00. The topological polar surface area (TPSA) is 75.7 Å². The maximum Gasteiger partial charge on any atom is 0.246 e. The number of benzene rings is 2. The van der Waals surface area contributed by atoms with Gasteiger partial charge in [0.25, 0.3) is 0 Å². The van der Waals surface area contributed by atoms with E-state index >= 15 is 0 Å². The third-order valence-corrected chi connectivity index (χ3v) is 4.60. The fourth-order valence-corrected chi connectivity index (χ4v) is 3.35. The van der Waals surface area contributed by atoms with Crippen molar-refractivity contribution < 1.29 is 17.9 Å². The number of ether oxygens (including phenoxy) is 1. The maximum absolute atomic E-state index is 11.6. The number of hydrogen-bond donors (Lipinski definition) is 1. The number of carbonyl (C=O) groups excluding carboxylic acids is 1. The van der Waals surface area contributed by atoms with Gasteiger partial charge < -0.3 is 9.64 Å². The number of carbonyl (C=O) groups is 1. The Bertz CT molecular complexity index is 934. The molecule has 26 heavy (non-hydrogen) atoms. The second kappa shape index (κ2) is 7.21. The van der Waals surface area contributed by atoms with E-state index in [-0.39, 0.29) is 12.0 Å². The number of nitrogens with one attached hydrogen (secondary N) is 1. The highest BCUT2D eigenvalue weighted by Gasteiger charge is 2.30. The first-order chi connectivity index (χ1) is 12.4. The van der Waals surface area contributed by atoms with E-state index in [1.165, 1.54) is 6.08 Å². The summed E-state index contributed by atoms with van der Waals surface area (Å²) in [5.41, 5.74) is 2.12. The number of amides is 1. The van der Waals surface area contributed by atoms with Gasteiger partial charge in [0.1, 0.15) is 11.9 Å². The molecule has 1 heterocycles. The molecule has 0 aromatic heterocycles. The number of likely N-dealkylation sites (tertiary alicyclic amines) is 1. The van der Waals surface area contributed by atoms with Crippen LogP contribution in [0.5, 0.6) is 5.75 Å². The van der Waals surface area contributed by atoms with Gasteiger partial charge >= 0.3 is 0 Å². The van der Waals surface area contributed by atoms with E-state index in [1.54, 1.807) is 17.0 Å². The van der Waals surface area contributed by atoms with E-state index in [0.29, 0.717) is 24.5 Å². The summed E-state index contributed by atoms with van der Waals surface area (Å²) in [4.78, 5) is 13.1. The van der Waals surface area contributed by atoms with Gasteiger partial charge in [-0.15, -0.1) is 0 Å². The highest BCUT2D eigenvalue weighted by Crippen LogP contribution is 2.31. The molecule has 0 unspecified atom stereocenters. The summed E-state index contributed by atoms with van der Waals surface area (Å²) in [6.45, 7) is 4.53. The van der Waals surface area contributed by atoms with Crippen molar-refractivity contribution in [3.8, 4) is 16.9 Å². The van der Waals surface area contributed by atoms with Crippen molar-refractivity contribution in [2.45, 2.75) is 6.10 Å². The second-order valence-corrected chi connectivity index (χ2v) is 7.88. The van der Waals surface area contributed by atoms with Crippen molar-refractivity contribution in [3.63, 3.8) is 0 Å². The Hall–Kier alpha value is -2.80. The van der Waals surface area contributed by atoms with Crippen LogP contribution in [0.2, 0.25) is 0 Å². The van der Waals surface area contributed by atoms with Gasteiger partial charge in [-0.25, -0.2) is 8.42 Å². The van der Waals surface area contributed by atoms with Gasteiger partial charge in [0.2, 0.25) is 15.9 Å². The van der Waals surface area contributed by atoms with Gasteiger partial charge in [0.15, 0.2) is 0 Å². The van der Waals surface area contributed by atoms with E-state index in [2.05, 4.69) is 11.3 Å². The summed E-state index contributed by atoms with van der Waals surface area (Å²) in [6.07, 6.45) is 2.36. The van der Waals surface area contributed by atoms with E-state index in [1.807, 2.05) is 36.4 Å². The molecule has 3 rings (SSSR count). The fourth-order valence-electron chi connectivity index (χ4n) is 2.77. The lowest BCUT2D eigenvalue weighted by molar-refractivity contribution is -0.134. The Labute approximate surface area is 153 Å². The molecule has 0 saturated carbocycles. The monoisotopic (exact) mass is 372 g/mol. The van der Waals surface area contributed by atoms with Gasteiger partial charge in [-0.1, -0.05) is 36.9 Å². The van der Waals surface area contributed by atoms with Crippen LogP contribution in [0.4, 0.5) is 5.69 Å². The standard InChI is InChI=1S/C19H20N2O4S/c1-3-19(22)21-12-16(13-21)25-15-8-6-7-14(11-15)17-9-4-5-10-18(17)20-26(2,23)24/h3-11,16,20H,1,12-13H2,2H3. The SMILES string of the molecule is C=CC(=O)N1CC(Oc2cccc(-c3ccccc3NS(C)(=O)=O)c2)C1. The van der Waals surface area contributed by atoms with Gasteiger partial charge in [0.05, 0.1) is 25.0 Å². The third-order valence-electron chi connectivity index (χ3n) is 4.00. The number of para-hydroxylation sites is 1. The molecule has 0 bridgehead atoms. The van der Waals surface area contributed by atoms with Crippen molar-refractivity contribution in [1.29, 1.82) is 0 Å². The molecule has 0 radical (unpaired) electrons. The van der Waals surface area contributed by atoms with Crippen LogP contribution < -0.4 is 9.46 Å². The molecule has 1 aliphatic heterocycles. The molecular weight excluding hydrogens is 352 g/mol. The number of hydrogen-bond acceptors (Lipinski definition) is 4. The average Bonchev–Trinajstić information content (AvgIpc) is 2.56.